The Hall–Kier alpha value is -0.850. The molecule has 0 N–H and O–H groups in total. The number of carbonyl (C=O) groups is 1. The van der Waals surface area contributed by atoms with E-state index in [1.165, 1.54) is 41.5 Å². The van der Waals surface area contributed by atoms with Crippen molar-refractivity contribution < 1.29 is 4.79 Å². The Balaban J connectivity index is 1.49. The van der Waals surface area contributed by atoms with Crippen molar-refractivity contribution in [3.63, 3.8) is 0 Å². The molecule has 1 aliphatic heterocycles. The Morgan fingerprint density at radius 3 is 2.81 bits per heavy atom. The number of likely N-dealkylation sites (tertiary alicyclic amines) is 1. The minimum Gasteiger partial charge on any atom is -0.342 e. The summed E-state index contributed by atoms with van der Waals surface area (Å²) in [4.78, 5) is 26.1. The van der Waals surface area contributed by atoms with Gasteiger partial charge in [0.25, 0.3) is 0 Å². The van der Waals surface area contributed by atoms with Crippen molar-refractivity contribution in [1.29, 1.82) is 0 Å². The summed E-state index contributed by atoms with van der Waals surface area (Å²) in [5.74, 6) is 1.31. The maximum atomic E-state index is 12.5. The molecular weight excluding hydrogens is 386 g/mol. The van der Waals surface area contributed by atoms with Gasteiger partial charge in [0.1, 0.15) is 9.98 Å². The largest absolute Gasteiger partial charge is 0.342 e. The highest BCUT2D eigenvalue weighted by Gasteiger charge is 2.24. The van der Waals surface area contributed by atoms with Gasteiger partial charge in [-0.1, -0.05) is 43.1 Å². The molecule has 1 aliphatic carbocycles. The van der Waals surface area contributed by atoms with Gasteiger partial charge in [-0.2, -0.15) is 0 Å². The van der Waals surface area contributed by atoms with Crippen LogP contribution in [0.15, 0.2) is 5.16 Å². The van der Waals surface area contributed by atoms with Crippen molar-refractivity contribution in [1.82, 2.24) is 14.9 Å². The van der Waals surface area contributed by atoms with Crippen molar-refractivity contribution in [3.05, 3.63) is 15.6 Å². The van der Waals surface area contributed by atoms with Gasteiger partial charge < -0.3 is 4.90 Å². The Labute approximate surface area is 167 Å². The van der Waals surface area contributed by atoms with Crippen molar-refractivity contribution in [2.45, 2.75) is 57.0 Å². The van der Waals surface area contributed by atoms with Crippen molar-refractivity contribution in [2.75, 3.05) is 18.8 Å². The van der Waals surface area contributed by atoms with Crippen LogP contribution < -0.4 is 0 Å². The molecule has 0 saturated carbocycles. The Morgan fingerprint density at radius 2 is 2.04 bits per heavy atom. The lowest BCUT2D eigenvalue weighted by Gasteiger charge is -2.19. The van der Waals surface area contributed by atoms with Gasteiger partial charge in [0.15, 0.2) is 5.16 Å². The van der Waals surface area contributed by atoms with Gasteiger partial charge in [0, 0.05) is 18.0 Å². The number of aromatic nitrogens is 2. The van der Waals surface area contributed by atoms with Crippen molar-refractivity contribution >= 4 is 50.8 Å². The highest BCUT2D eigenvalue weighted by Crippen LogP contribution is 2.40. The third kappa shape index (κ3) is 3.87. The lowest BCUT2D eigenvalue weighted by atomic mass is 9.89. The first-order valence-corrected chi connectivity index (χ1v) is 11.7. The number of rotatable bonds is 3. The molecule has 4 rings (SSSR count). The monoisotopic (exact) mass is 409 g/mol. The van der Waals surface area contributed by atoms with Crippen LogP contribution in [0.1, 0.15) is 49.5 Å². The molecule has 0 radical (unpaired) electrons. The number of aryl methyl sites for hydroxylation is 1. The maximum absolute atomic E-state index is 12.5. The molecule has 1 saturated heterocycles. The average molecular weight is 410 g/mol. The normalized spacial score (nSPS) is 20.8. The van der Waals surface area contributed by atoms with Crippen LogP contribution in [0.2, 0.25) is 5.15 Å². The van der Waals surface area contributed by atoms with E-state index in [2.05, 4.69) is 11.9 Å². The zero-order valence-electron chi connectivity index (χ0n) is 15.1. The van der Waals surface area contributed by atoms with E-state index in [0.29, 0.717) is 16.1 Å². The number of nitrogens with zero attached hydrogens (tertiary/aromatic N) is 3. The minimum absolute atomic E-state index is 0.191. The maximum Gasteiger partial charge on any atom is 0.233 e. The van der Waals surface area contributed by atoms with E-state index in [-0.39, 0.29) is 5.91 Å². The van der Waals surface area contributed by atoms with Crippen LogP contribution in [0.4, 0.5) is 0 Å². The van der Waals surface area contributed by atoms with Gasteiger partial charge in [0.05, 0.1) is 11.1 Å². The first kappa shape index (κ1) is 18.5. The van der Waals surface area contributed by atoms with Gasteiger partial charge in [0.2, 0.25) is 5.91 Å². The SMILES string of the molecule is CC1CCc2c(sc3nc(SCC(=O)N4CCCCCC4)nc(Cl)c23)C1. The molecule has 0 aromatic carbocycles. The zero-order valence-corrected chi connectivity index (χ0v) is 17.5. The summed E-state index contributed by atoms with van der Waals surface area (Å²) in [5, 5.41) is 2.21. The van der Waals surface area contributed by atoms with E-state index in [1.54, 1.807) is 11.3 Å². The van der Waals surface area contributed by atoms with E-state index >= 15 is 0 Å². The van der Waals surface area contributed by atoms with Crippen LogP contribution in [-0.2, 0) is 17.6 Å². The van der Waals surface area contributed by atoms with Gasteiger partial charge in [-0.3, -0.25) is 4.79 Å². The molecule has 7 heteroatoms. The van der Waals surface area contributed by atoms with Crippen LogP contribution in [0.3, 0.4) is 0 Å². The molecule has 1 unspecified atom stereocenters. The molecule has 2 aromatic rings. The zero-order chi connectivity index (χ0) is 18.1. The predicted octanol–water partition coefficient (Wildman–Crippen LogP) is 4.96. The summed E-state index contributed by atoms with van der Waals surface area (Å²) < 4.78 is 0. The molecule has 0 bridgehead atoms. The van der Waals surface area contributed by atoms with E-state index in [4.69, 9.17) is 16.6 Å². The molecule has 26 heavy (non-hydrogen) atoms. The molecule has 1 fully saturated rings. The van der Waals surface area contributed by atoms with Crippen LogP contribution >= 0.6 is 34.7 Å². The molecule has 1 atom stereocenters. The van der Waals surface area contributed by atoms with Crippen molar-refractivity contribution in [3.8, 4) is 0 Å². The average Bonchev–Trinajstić information content (AvgIpc) is 2.79. The molecular formula is C19H24ClN3OS2. The summed E-state index contributed by atoms with van der Waals surface area (Å²) in [5.41, 5.74) is 1.35. The number of hydrogen-bond acceptors (Lipinski definition) is 5. The molecule has 140 valence electrons. The molecule has 1 amide bonds. The number of halogens is 1. The second kappa shape index (κ2) is 8.03. The Bertz CT molecular complexity index is 815. The van der Waals surface area contributed by atoms with Crippen LogP contribution in [-0.4, -0.2) is 39.6 Å². The summed E-state index contributed by atoms with van der Waals surface area (Å²) in [6.07, 6.45) is 8.08. The second-order valence-electron chi connectivity index (χ2n) is 7.41. The second-order valence-corrected chi connectivity index (χ2v) is 9.80. The number of amides is 1. The summed E-state index contributed by atoms with van der Waals surface area (Å²) >= 11 is 9.68. The van der Waals surface area contributed by atoms with Gasteiger partial charge in [-0.05, 0) is 43.6 Å². The molecule has 0 spiro atoms. The number of thioether (sulfide) groups is 1. The number of fused-ring (bicyclic) bond motifs is 3. The quantitative estimate of drug-likeness (QED) is 0.408. The highest BCUT2D eigenvalue weighted by molar-refractivity contribution is 7.99. The molecule has 4 nitrogen and oxygen atoms in total. The summed E-state index contributed by atoms with van der Waals surface area (Å²) in [7, 11) is 0. The molecule has 3 heterocycles. The fourth-order valence-corrected chi connectivity index (χ4v) is 6.46. The minimum atomic E-state index is 0.191. The van der Waals surface area contributed by atoms with Crippen LogP contribution in [0.25, 0.3) is 10.2 Å². The Kier molecular flexibility index (Phi) is 5.72. The summed E-state index contributed by atoms with van der Waals surface area (Å²) in [6.45, 7) is 4.07. The standard InChI is InChI=1S/C19H24ClN3OS2/c1-12-6-7-13-14(10-12)26-18-16(13)17(20)21-19(22-18)25-11-15(24)23-8-4-2-3-5-9-23/h12H,2-11H2,1H3. The molecule has 2 aliphatic rings. The fraction of sp³-hybridized carbons (Fsp3) is 0.632. The lowest BCUT2D eigenvalue weighted by Crippen LogP contribution is -2.33. The third-order valence-electron chi connectivity index (χ3n) is 5.37. The van der Waals surface area contributed by atoms with Crippen LogP contribution in [0.5, 0.6) is 0 Å². The molecule has 2 aromatic heterocycles. The topological polar surface area (TPSA) is 46.1 Å². The lowest BCUT2D eigenvalue weighted by molar-refractivity contribution is -0.128. The predicted molar refractivity (Wildman–Crippen MR) is 109 cm³/mol. The van der Waals surface area contributed by atoms with Gasteiger partial charge in [-0.25, -0.2) is 9.97 Å². The first-order valence-electron chi connectivity index (χ1n) is 9.50. The number of thiophene rings is 1. The van der Waals surface area contributed by atoms with E-state index in [0.717, 1.165) is 54.9 Å². The van der Waals surface area contributed by atoms with Crippen molar-refractivity contribution in [2.24, 2.45) is 5.92 Å². The number of hydrogen-bond donors (Lipinski definition) is 0. The summed E-state index contributed by atoms with van der Waals surface area (Å²) in [6, 6.07) is 0. The first-order chi connectivity index (χ1) is 12.6. The third-order valence-corrected chi connectivity index (χ3v) is 7.63. The van der Waals surface area contributed by atoms with Gasteiger partial charge >= 0.3 is 0 Å². The van der Waals surface area contributed by atoms with E-state index in [1.807, 2.05) is 4.90 Å². The van der Waals surface area contributed by atoms with E-state index in [9.17, 15) is 4.79 Å². The highest BCUT2D eigenvalue weighted by atomic mass is 35.5. The number of carbonyl (C=O) groups excluding carboxylic acids is 1. The van der Waals surface area contributed by atoms with Gasteiger partial charge in [-0.15, -0.1) is 11.3 Å². The van der Waals surface area contributed by atoms with E-state index < -0.39 is 0 Å². The fourth-order valence-electron chi connectivity index (χ4n) is 3.88. The Morgan fingerprint density at radius 1 is 1.27 bits per heavy atom. The van der Waals surface area contributed by atoms with Crippen LogP contribution in [0, 0.1) is 5.92 Å². The smallest absolute Gasteiger partial charge is 0.233 e.